The SMILES string of the molecule is CCc1ccccc1NC(=O)[N+]1=CCOc2cc(-c3cnc(N4CCC(C(=O)O)C4)nc3)ccc21. The zero-order valence-corrected chi connectivity index (χ0v) is 19.3. The summed E-state index contributed by atoms with van der Waals surface area (Å²) in [5, 5.41) is 12.2. The van der Waals surface area contributed by atoms with E-state index >= 15 is 0 Å². The average Bonchev–Trinajstić information content (AvgIpc) is 3.39. The van der Waals surface area contributed by atoms with Crippen LogP contribution in [0.4, 0.5) is 22.1 Å². The molecule has 1 atom stereocenters. The monoisotopic (exact) mass is 472 g/mol. The molecule has 2 aromatic carbocycles. The van der Waals surface area contributed by atoms with Gasteiger partial charge in [-0.05, 0) is 48.2 Å². The fraction of sp³-hybridized carbons (Fsp3) is 0.269. The number of urea groups is 1. The Balaban J connectivity index is 1.33. The highest BCUT2D eigenvalue weighted by molar-refractivity contribution is 5.89. The summed E-state index contributed by atoms with van der Waals surface area (Å²) >= 11 is 0. The van der Waals surface area contributed by atoms with E-state index in [0.29, 0.717) is 36.9 Å². The number of amides is 2. The van der Waals surface area contributed by atoms with Crippen molar-refractivity contribution < 1.29 is 24.0 Å². The minimum atomic E-state index is -0.785. The smallest absolute Gasteiger partial charge is 0.481 e. The summed E-state index contributed by atoms with van der Waals surface area (Å²) in [6.07, 6.45) is 6.57. The minimum absolute atomic E-state index is 0.249. The highest BCUT2D eigenvalue weighted by atomic mass is 16.5. The first-order valence-electron chi connectivity index (χ1n) is 11.6. The van der Waals surface area contributed by atoms with Gasteiger partial charge in [-0.25, -0.2) is 15.3 Å². The van der Waals surface area contributed by atoms with Crippen LogP contribution in [-0.2, 0) is 11.2 Å². The van der Waals surface area contributed by atoms with Crippen molar-refractivity contribution in [3.8, 4) is 16.9 Å². The highest BCUT2D eigenvalue weighted by Crippen LogP contribution is 2.34. The van der Waals surface area contributed by atoms with Gasteiger partial charge in [-0.1, -0.05) is 25.1 Å². The van der Waals surface area contributed by atoms with Crippen LogP contribution in [0.1, 0.15) is 18.9 Å². The fourth-order valence-electron chi connectivity index (χ4n) is 4.40. The summed E-state index contributed by atoms with van der Waals surface area (Å²) in [6.45, 7) is 3.36. The number of anilines is 2. The minimum Gasteiger partial charge on any atom is -0.481 e. The summed E-state index contributed by atoms with van der Waals surface area (Å²) in [4.78, 5) is 35.0. The van der Waals surface area contributed by atoms with E-state index in [4.69, 9.17) is 4.74 Å². The molecule has 5 rings (SSSR count). The van der Waals surface area contributed by atoms with E-state index in [0.717, 1.165) is 28.8 Å². The lowest BCUT2D eigenvalue weighted by atomic mass is 10.1. The molecule has 2 aliphatic heterocycles. The molecule has 9 nitrogen and oxygen atoms in total. The molecular formula is C26H26N5O4+. The van der Waals surface area contributed by atoms with Crippen molar-refractivity contribution in [2.75, 3.05) is 29.9 Å². The first kappa shape index (κ1) is 22.5. The number of rotatable bonds is 5. The van der Waals surface area contributed by atoms with E-state index < -0.39 is 5.97 Å². The zero-order chi connectivity index (χ0) is 24.4. The molecule has 1 aromatic heterocycles. The molecule has 2 amide bonds. The lowest BCUT2D eigenvalue weighted by Gasteiger charge is -2.17. The number of hydrogen-bond donors (Lipinski definition) is 2. The fourth-order valence-corrected chi connectivity index (χ4v) is 4.40. The van der Waals surface area contributed by atoms with E-state index in [2.05, 4.69) is 22.2 Å². The topological polar surface area (TPSA) is 108 Å². The van der Waals surface area contributed by atoms with Gasteiger partial charge in [0, 0.05) is 31.0 Å². The number of benzene rings is 2. The largest absolute Gasteiger partial charge is 0.501 e. The number of nitrogens with one attached hydrogen (secondary N) is 1. The molecule has 1 unspecified atom stereocenters. The molecule has 3 aromatic rings. The number of carboxylic acids is 1. The molecular weight excluding hydrogens is 446 g/mol. The molecule has 178 valence electrons. The quantitative estimate of drug-likeness (QED) is 0.541. The third-order valence-electron chi connectivity index (χ3n) is 6.37. The van der Waals surface area contributed by atoms with Crippen molar-refractivity contribution in [2.24, 2.45) is 5.92 Å². The van der Waals surface area contributed by atoms with Crippen LogP contribution in [0.2, 0.25) is 0 Å². The van der Waals surface area contributed by atoms with Crippen molar-refractivity contribution >= 4 is 35.5 Å². The van der Waals surface area contributed by atoms with Gasteiger partial charge in [0.05, 0.1) is 5.92 Å². The van der Waals surface area contributed by atoms with E-state index in [1.807, 2.05) is 47.4 Å². The maximum atomic E-state index is 13.0. The molecule has 0 aliphatic carbocycles. The molecule has 0 bridgehead atoms. The Morgan fingerprint density at radius 3 is 2.71 bits per heavy atom. The molecule has 1 saturated heterocycles. The van der Waals surface area contributed by atoms with E-state index in [-0.39, 0.29) is 18.6 Å². The maximum absolute atomic E-state index is 13.0. The number of aliphatic carboxylic acids is 1. The number of ether oxygens (including phenoxy) is 1. The number of hydrogen-bond acceptors (Lipinski definition) is 6. The van der Waals surface area contributed by atoms with Gasteiger partial charge in [0.1, 0.15) is 18.5 Å². The number of fused-ring (bicyclic) bond motifs is 1. The number of para-hydroxylation sites is 1. The van der Waals surface area contributed by atoms with Crippen molar-refractivity contribution in [2.45, 2.75) is 19.8 Å². The van der Waals surface area contributed by atoms with Gasteiger partial charge in [-0.2, -0.15) is 9.37 Å². The van der Waals surface area contributed by atoms with Gasteiger partial charge in [-0.3, -0.25) is 4.79 Å². The van der Waals surface area contributed by atoms with Crippen LogP contribution in [0.5, 0.6) is 5.75 Å². The molecule has 3 heterocycles. The lowest BCUT2D eigenvalue weighted by Crippen LogP contribution is -2.28. The molecule has 0 spiro atoms. The Labute approximate surface area is 202 Å². The predicted octanol–water partition coefficient (Wildman–Crippen LogP) is 3.96. The van der Waals surface area contributed by atoms with Crippen molar-refractivity contribution in [3.05, 3.63) is 60.4 Å². The lowest BCUT2D eigenvalue weighted by molar-refractivity contribution is -0.328. The summed E-state index contributed by atoms with van der Waals surface area (Å²) in [7, 11) is 0. The average molecular weight is 473 g/mol. The molecule has 2 aliphatic rings. The number of aryl methyl sites for hydroxylation is 1. The van der Waals surface area contributed by atoms with E-state index in [9.17, 15) is 14.7 Å². The maximum Gasteiger partial charge on any atom is 0.501 e. The molecule has 0 saturated carbocycles. The van der Waals surface area contributed by atoms with Gasteiger partial charge >= 0.3 is 12.0 Å². The number of carbonyl (C=O) groups excluding carboxylic acids is 1. The first-order valence-corrected chi connectivity index (χ1v) is 11.6. The zero-order valence-electron chi connectivity index (χ0n) is 19.3. The summed E-state index contributed by atoms with van der Waals surface area (Å²) in [6, 6.07) is 13.1. The predicted molar refractivity (Wildman–Crippen MR) is 132 cm³/mol. The summed E-state index contributed by atoms with van der Waals surface area (Å²) < 4.78 is 7.39. The molecule has 0 radical (unpaired) electrons. The Hall–Kier alpha value is -4.27. The van der Waals surface area contributed by atoms with Crippen molar-refractivity contribution in [1.29, 1.82) is 0 Å². The Kier molecular flexibility index (Phi) is 6.13. The Morgan fingerprint density at radius 1 is 1.17 bits per heavy atom. The normalized spacial score (nSPS) is 16.8. The van der Waals surface area contributed by atoms with Gasteiger partial charge in [0.15, 0.2) is 11.4 Å². The van der Waals surface area contributed by atoms with Crippen LogP contribution < -0.4 is 15.0 Å². The second-order valence-electron chi connectivity index (χ2n) is 8.53. The Morgan fingerprint density at radius 2 is 1.97 bits per heavy atom. The number of carbonyl (C=O) groups is 2. The Bertz CT molecular complexity index is 1310. The molecule has 9 heteroatoms. The standard InChI is InChI=1S/C26H25N5O4/c1-2-17-5-3-4-6-21(17)29-26(34)31-11-12-35-23-13-18(7-8-22(23)31)20-14-27-25(28-15-20)30-10-9-19(16-30)24(32)33/h3-8,11,13-15,19H,2,9-10,12,16H2,1H3,(H-,29,32,33,34)/p+1. The van der Waals surface area contributed by atoms with Crippen LogP contribution in [0.25, 0.3) is 11.1 Å². The van der Waals surface area contributed by atoms with E-state index in [1.54, 1.807) is 23.2 Å². The molecule has 35 heavy (non-hydrogen) atoms. The third kappa shape index (κ3) is 4.57. The molecule has 2 N–H and O–H groups in total. The third-order valence-corrected chi connectivity index (χ3v) is 6.37. The van der Waals surface area contributed by atoms with Gasteiger partial charge in [-0.15, -0.1) is 0 Å². The van der Waals surface area contributed by atoms with Crippen molar-refractivity contribution in [1.82, 2.24) is 9.97 Å². The van der Waals surface area contributed by atoms with Crippen LogP contribution >= 0.6 is 0 Å². The van der Waals surface area contributed by atoms with Crippen LogP contribution in [0.3, 0.4) is 0 Å². The van der Waals surface area contributed by atoms with Gasteiger partial charge in [0.2, 0.25) is 5.95 Å². The van der Waals surface area contributed by atoms with Gasteiger partial charge in [0.25, 0.3) is 0 Å². The number of carboxylic acid groups (broad SMARTS) is 1. The van der Waals surface area contributed by atoms with E-state index in [1.165, 1.54) is 0 Å². The number of aromatic nitrogens is 2. The summed E-state index contributed by atoms with van der Waals surface area (Å²) in [5.41, 5.74) is 4.18. The van der Waals surface area contributed by atoms with Crippen molar-refractivity contribution in [3.63, 3.8) is 0 Å². The molecule has 1 fully saturated rings. The van der Waals surface area contributed by atoms with Gasteiger partial charge < -0.3 is 14.7 Å². The van der Waals surface area contributed by atoms with Crippen LogP contribution in [0, 0.1) is 5.92 Å². The number of nitrogens with zero attached hydrogens (tertiary/aromatic N) is 4. The summed E-state index contributed by atoms with van der Waals surface area (Å²) in [5.74, 6) is -0.0513. The van der Waals surface area contributed by atoms with Crippen LogP contribution in [0.15, 0.2) is 54.9 Å². The van der Waals surface area contributed by atoms with Crippen LogP contribution in [-0.4, -0.2) is 57.6 Å². The second-order valence-corrected chi connectivity index (χ2v) is 8.53. The second kappa shape index (κ2) is 9.54. The first-order chi connectivity index (χ1) is 17.0. The highest BCUT2D eigenvalue weighted by Gasteiger charge is 2.30.